The standard InChI is InChI=1S/C20H20BrN3O3/c21-17-5-6-18(22-9-17)23-19(25)14-2-1-7-24(10-14)20(26)13-3-4-15-11-27-12-16(15)8-13/h3-6,8-9,14H,1-2,7,10-12H2,(H,22,23,25)/t14-/m1/s1. The van der Waals surface area contributed by atoms with Gasteiger partial charge in [-0.05, 0) is 64.2 Å². The van der Waals surface area contributed by atoms with Crippen LogP contribution in [0.1, 0.15) is 34.3 Å². The van der Waals surface area contributed by atoms with Gasteiger partial charge in [0.2, 0.25) is 5.91 Å². The molecule has 1 atom stereocenters. The lowest BCUT2D eigenvalue weighted by molar-refractivity contribution is -0.121. The molecule has 0 saturated carbocycles. The van der Waals surface area contributed by atoms with Crippen molar-refractivity contribution in [1.29, 1.82) is 0 Å². The van der Waals surface area contributed by atoms with Crippen LogP contribution in [0.2, 0.25) is 0 Å². The van der Waals surface area contributed by atoms with Crippen LogP contribution in [-0.4, -0.2) is 34.8 Å². The van der Waals surface area contributed by atoms with Crippen LogP contribution in [0.25, 0.3) is 0 Å². The van der Waals surface area contributed by atoms with E-state index in [1.807, 2.05) is 24.3 Å². The SMILES string of the molecule is O=C(Nc1ccc(Br)cn1)[C@@H]1CCCN(C(=O)c2ccc3c(c2)COC3)C1. The summed E-state index contributed by atoms with van der Waals surface area (Å²) >= 11 is 3.33. The molecule has 3 heterocycles. The number of aromatic nitrogens is 1. The van der Waals surface area contributed by atoms with Crippen LogP contribution < -0.4 is 5.32 Å². The summed E-state index contributed by atoms with van der Waals surface area (Å²) < 4.78 is 6.28. The third-order valence-electron chi connectivity index (χ3n) is 5.03. The number of amides is 2. The summed E-state index contributed by atoms with van der Waals surface area (Å²) in [7, 11) is 0. The second kappa shape index (κ2) is 7.78. The average Bonchev–Trinajstić information content (AvgIpc) is 3.17. The number of anilines is 1. The van der Waals surface area contributed by atoms with Gasteiger partial charge in [0, 0.05) is 29.3 Å². The zero-order valence-electron chi connectivity index (χ0n) is 14.8. The summed E-state index contributed by atoms with van der Waals surface area (Å²) in [6.07, 6.45) is 3.22. The van der Waals surface area contributed by atoms with E-state index in [1.165, 1.54) is 0 Å². The predicted octanol–water partition coefficient (Wildman–Crippen LogP) is 3.37. The number of nitrogens with one attached hydrogen (secondary N) is 1. The molecule has 1 aromatic heterocycles. The summed E-state index contributed by atoms with van der Waals surface area (Å²) in [6, 6.07) is 9.31. The molecule has 1 N–H and O–H groups in total. The number of rotatable bonds is 3. The first kappa shape index (κ1) is 18.1. The number of carbonyl (C=O) groups is 2. The lowest BCUT2D eigenvalue weighted by Crippen LogP contribution is -2.43. The molecule has 7 heteroatoms. The zero-order chi connectivity index (χ0) is 18.8. The number of halogens is 1. The van der Waals surface area contributed by atoms with Crippen LogP contribution in [0.4, 0.5) is 5.82 Å². The van der Waals surface area contributed by atoms with E-state index in [0.29, 0.717) is 37.7 Å². The summed E-state index contributed by atoms with van der Waals surface area (Å²) in [6.45, 7) is 2.27. The summed E-state index contributed by atoms with van der Waals surface area (Å²) in [5.74, 6) is 0.171. The fourth-order valence-corrected chi connectivity index (χ4v) is 3.78. The van der Waals surface area contributed by atoms with Gasteiger partial charge < -0.3 is 15.0 Å². The first-order chi connectivity index (χ1) is 13.1. The molecule has 1 saturated heterocycles. The van der Waals surface area contributed by atoms with E-state index >= 15 is 0 Å². The number of ether oxygens (including phenoxy) is 1. The van der Waals surface area contributed by atoms with Crippen molar-refractivity contribution >= 4 is 33.6 Å². The summed E-state index contributed by atoms with van der Waals surface area (Å²) in [4.78, 5) is 31.4. The molecule has 0 spiro atoms. The molecule has 2 aliphatic heterocycles. The molecule has 2 aromatic rings. The Morgan fingerprint density at radius 1 is 1.19 bits per heavy atom. The number of fused-ring (bicyclic) bond motifs is 1. The molecule has 1 fully saturated rings. The van der Waals surface area contributed by atoms with E-state index in [-0.39, 0.29) is 17.7 Å². The first-order valence-electron chi connectivity index (χ1n) is 9.01. The van der Waals surface area contributed by atoms with Gasteiger partial charge in [-0.2, -0.15) is 0 Å². The zero-order valence-corrected chi connectivity index (χ0v) is 16.4. The highest BCUT2D eigenvalue weighted by atomic mass is 79.9. The Labute approximate surface area is 166 Å². The molecule has 2 amide bonds. The Hall–Kier alpha value is -2.25. The Kier molecular flexibility index (Phi) is 5.22. The minimum absolute atomic E-state index is 0.0241. The lowest BCUT2D eigenvalue weighted by atomic mass is 9.96. The van der Waals surface area contributed by atoms with Crippen LogP contribution in [0, 0.1) is 5.92 Å². The van der Waals surface area contributed by atoms with Crippen LogP contribution in [0.15, 0.2) is 41.0 Å². The summed E-state index contributed by atoms with van der Waals surface area (Å²) in [5, 5.41) is 2.85. The second-order valence-corrected chi connectivity index (χ2v) is 7.83. The van der Waals surface area contributed by atoms with Crippen molar-refractivity contribution in [3.8, 4) is 0 Å². The number of likely N-dealkylation sites (tertiary alicyclic amines) is 1. The van der Waals surface area contributed by atoms with Crippen LogP contribution in [-0.2, 0) is 22.7 Å². The number of piperidine rings is 1. The van der Waals surface area contributed by atoms with E-state index in [2.05, 4.69) is 26.2 Å². The van der Waals surface area contributed by atoms with Crippen LogP contribution in [0.3, 0.4) is 0 Å². The van der Waals surface area contributed by atoms with Crippen molar-refractivity contribution in [3.63, 3.8) is 0 Å². The summed E-state index contributed by atoms with van der Waals surface area (Å²) in [5.41, 5.74) is 2.88. The van der Waals surface area contributed by atoms with Crippen molar-refractivity contribution in [3.05, 3.63) is 57.7 Å². The Balaban J connectivity index is 1.42. The fraction of sp³-hybridized carbons (Fsp3) is 0.350. The molecule has 140 valence electrons. The third kappa shape index (κ3) is 4.04. The number of nitrogens with zero attached hydrogens (tertiary/aromatic N) is 2. The number of pyridine rings is 1. The van der Waals surface area contributed by atoms with E-state index in [0.717, 1.165) is 28.4 Å². The maximum absolute atomic E-state index is 12.9. The maximum atomic E-state index is 12.9. The number of hydrogen-bond acceptors (Lipinski definition) is 4. The predicted molar refractivity (Wildman–Crippen MR) is 104 cm³/mol. The lowest BCUT2D eigenvalue weighted by Gasteiger charge is -2.32. The third-order valence-corrected chi connectivity index (χ3v) is 5.50. The Bertz CT molecular complexity index is 869. The maximum Gasteiger partial charge on any atom is 0.253 e. The number of hydrogen-bond donors (Lipinski definition) is 1. The second-order valence-electron chi connectivity index (χ2n) is 6.92. The van der Waals surface area contributed by atoms with Gasteiger partial charge in [0.25, 0.3) is 5.91 Å². The van der Waals surface area contributed by atoms with Gasteiger partial charge in [-0.25, -0.2) is 4.98 Å². The van der Waals surface area contributed by atoms with Crippen molar-refractivity contribution in [2.75, 3.05) is 18.4 Å². The minimum atomic E-state index is -0.231. The molecule has 0 unspecified atom stereocenters. The van der Waals surface area contributed by atoms with Gasteiger partial charge in [0.05, 0.1) is 19.1 Å². The van der Waals surface area contributed by atoms with E-state index < -0.39 is 0 Å². The van der Waals surface area contributed by atoms with Crippen molar-refractivity contribution in [2.24, 2.45) is 5.92 Å². The smallest absolute Gasteiger partial charge is 0.253 e. The van der Waals surface area contributed by atoms with E-state index in [9.17, 15) is 9.59 Å². The molecule has 0 aliphatic carbocycles. The molecule has 2 aliphatic rings. The first-order valence-corrected chi connectivity index (χ1v) is 9.81. The Morgan fingerprint density at radius 2 is 2.04 bits per heavy atom. The molecule has 6 nitrogen and oxygen atoms in total. The molecule has 0 bridgehead atoms. The largest absolute Gasteiger partial charge is 0.372 e. The molecule has 27 heavy (non-hydrogen) atoms. The van der Waals surface area contributed by atoms with Gasteiger partial charge in [-0.15, -0.1) is 0 Å². The fourth-order valence-electron chi connectivity index (χ4n) is 3.54. The van der Waals surface area contributed by atoms with E-state index in [1.54, 1.807) is 17.2 Å². The van der Waals surface area contributed by atoms with Crippen molar-refractivity contribution in [2.45, 2.75) is 26.1 Å². The number of benzene rings is 1. The highest BCUT2D eigenvalue weighted by molar-refractivity contribution is 9.10. The van der Waals surface area contributed by atoms with Gasteiger partial charge in [-0.3, -0.25) is 9.59 Å². The number of carbonyl (C=O) groups excluding carboxylic acids is 2. The van der Waals surface area contributed by atoms with Crippen molar-refractivity contribution < 1.29 is 14.3 Å². The molecule has 1 aromatic carbocycles. The van der Waals surface area contributed by atoms with Gasteiger partial charge >= 0.3 is 0 Å². The molecule has 0 radical (unpaired) electrons. The van der Waals surface area contributed by atoms with Crippen LogP contribution in [0.5, 0.6) is 0 Å². The normalized spacial score (nSPS) is 18.9. The molecular weight excluding hydrogens is 410 g/mol. The van der Waals surface area contributed by atoms with E-state index in [4.69, 9.17) is 4.74 Å². The average molecular weight is 430 g/mol. The molecular formula is C20H20BrN3O3. The van der Waals surface area contributed by atoms with Gasteiger partial charge in [0.15, 0.2) is 0 Å². The quantitative estimate of drug-likeness (QED) is 0.811. The van der Waals surface area contributed by atoms with Crippen molar-refractivity contribution in [1.82, 2.24) is 9.88 Å². The Morgan fingerprint density at radius 3 is 2.85 bits per heavy atom. The monoisotopic (exact) mass is 429 g/mol. The van der Waals surface area contributed by atoms with Gasteiger partial charge in [0.1, 0.15) is 5.82 Å². The minimum Gasteiger partial charge on any atom is -0.372 e. The highest BCUT2D eigenvalue weighted by Crippen LogP contribution is 2.24. The molecule has 4 rings (SSSR count). The topological polar surface area (TPSA) is 71.5 Å². The van der Waals surface area contributed by atoms with Gasteiger partial charge in [-0.1, -0.05) is 6.07 Å². The highest BCUT2D eigenvalue weighted by Gasteiger charge is 2.29. The van der Waals surface area contributed by atoms with Crippen LogP contribution >= 0.6 is 15.9 Å².